The monoisotopic (exact) mass is 653 g/mol. The first-order valence-electron chi connectivity index (χ1n) is 17.1. The van der Waals surface area contributed by atoms with Gasteiger partial charge in [-0.25, -0.2) is 4.79 Å². The van der Waals surface area contributed by atoms with Crippen molar-refractivity contribution in [3.05, 3.63) is 102 Å². The molecule has 3 aromatic rings. The summed E-state index contributed by atoms with van der Waals surface area (Å²) in [6.07, 6.45) is 9.94. The Morgan fingerprint density at radius 3 is 2.25 bits per heavy atom. The maximum absolute atomic E-state index is 14.1. The Labute approximate surface area is 283 Å². The Kier molecular flexibility index (Phi) is 13.6. The van der Waals surface area contributed by atoms with Gasteiger partial charge in [0, 0.05) is 16.8 Å². The highest BCUT2D eigenvalue weighted by Gasteiger charge is 2.53. The van der Waals surface area contributed by atoms with Crippen LogP contribution in [0, 0.1) is 5.92 Å². The van der Waals surface area contributed by atoms with Gasteiger partial charge >= 0.3 is 11.9 Å². The first-order chi connectivity index (χ1) is 23.3. The summed E-state index contributed by atoms with van der Waals surface area (Å²) >= 11 is 0. The molecule has 0 saturated carbocycles. The molecule has 254 valence electrons. The molecule has 3 atom stereocenters. The van der Waals surface area contributed by atoms with Gasteiger partial charge in [0.1, 0.15) is 17.7 Å². The van der Waals surface area contributed by atoms with Crippen molar-refractivity contribution in [3.8, 4) is 0 Å². The lowest BCUT2D eigenvalue weighted by atomic mass is 9.73. The molecule has 2 N–H and O–H groups in total. The van der Waals surface area contributed by atoms with E-state index in [0.717, 1.165) is 25.7 Å². The molecule has 0 saturated heterocycles. The number of esters is 2. The van der Waals surface area contributed by atoms with Crippen molar-refractivity contribution in [2.24, 2.45) is 16.1 Å². The van der Waals surface area contributed by atoms with E-state index in [0.29, 0.717) is 24.1 Å². The number of nitrogens with one attached hydrogen (secondary N) is 1. The Hall–Kier alpha value is -4.63. The van der Waals surface area contributed by atoms with Crippen LogP contribution in [-0.2, 0) is 24.7 Å². The Bertz CT molecular complexity index is 1590. The zero-order chi connectivity index (χ0) is 34.4. The van der Waals surface area contributed by atoms with Crippen molar-refractivity contribution >= 4 is 34.9 Å². The smallest absolute Gasteiger partial charge is 0.340 e. The Morgan fingerprint density at radius 2 is 1.50 bits per heavy atom. The number of nitrogens with zero attached hydrogens (tertiary/aromatic N) is 2. The lowest BCUT2D eigenvalue weighted by Gasteiger charge is -2.37. The minimum atomic E-state index is -2.32. The van der Waals surface area contributed by atoms with E-state index >= 15 is 0 Å². The topological polar surface area (TPSA) is 127 Å². The first-order valence-corrected chi connectivity index (χ1v) is 17.1. The number of carbonyl (C=O) groups is 3. The largest absolute Gasteiger partial charge is 0.462 e. The van der Waals surface area contributed by atoms with E-state index in [-0.39, 0.29) is 35.2 Å². The van der Waals surface area contributed by atoms with Gasteiger partial charge in [-0.1, -0.05) is 107 Å². The summed E-state index contributed by atoms with van der Waals surface area (Å²) in [5.41, 5.74) is -0.468. The molecule has 4 rings (SSSR count). The van der Waals surface area contributed by atoms with Crippen molar-refractivity contribution in [2.45, 2.75) is 90.3 Å². The zero-order valence-corrected chi connectivity index (χ0v) is 28.2. The SMILES string of the molecule is CCCCCCCCC(CCC)OC(=O)C1C=C(N=Nc2ccccc2C(=O)OCC)c2ccccc2C1(O)C(=O)Nc1ccccc1. The third-order valence-electron chi connectivity index (χ3n) is 8.46. The van der Waals surface area contributed by atoms with Gasteiger partial charge in [-0.2, -0.15) is 5.11 Å². The number of hydrogen-bond acceptors (Lipinski definition) is 8. The number of carbonyl (C=O) groups excluding carboxylic acids is 3. The minimum Gasteiger partial charge on any atom is -0.462 e. The summed E-state index contributed by atoms with van der Waals surface area (Å²) in [6, 6.07) is 22.2. The molecule has 0 aromatic heterocycles. The standard InChI is InChI=1S/C39H47N3O6/c1-4-7-8-9-10-14-22-29(19-5-2)48-37(44)33-27-35(42-41-34-26-18-16-24-31(34)36(43)47-6-3)30-23-15-17-25-32(30)39(33,46)38(45)40-28-20-12-11-13-21-28/h11-13,15-18,20-21,23-27,29,33,46H,4-10,14,19,22H2,1-3H3,(H,40,45). The van der Waals surface area contributed by atoms with Crippen LogP contribution in [0.2, 0.25) is 0 Å². The maximum Gasteiger partial charge on any atom is 0.340 e. The second-order valence-corrected chi connectivity index (χ2v) is 12.0. The summed E-state index contributed by atoms with van der Waals surface area (Å²) in [5, 5.41) is 24.0. The number of ether oxygens (including phenoxy) is 2. The van der Waals surface area contributed by atoms with Gasteiger partial charge < -0.3 is 19.9 Å². The molecular formula is C39H47N3O6. The highest BCUT2D eigenvalue weighted by molar-refractivity contribution is 6.03. The number of amides is 1. The van der Waals surface area contributed by atoms with Crippen LogP contribution in [0.3, 0.4) is 0 Å². The van der Waals surface area contributed by atoms with Gasteiger partial charge in [-0.3, -0.25) is 9.59 Å². The number of aliphatic hydroxyl groups is 1. The molecule has 1 aliphatic carbocycles. The quantitative estimate of drug-likeness (QED) is 0.0851. The van der Waals surface area contributed by atoms with Crippen molar-refractivity contribution in [3.63, 3.8) is 0 Å². The van der Waals surface area contributed by atoms with E-state index < -0.39 is 29.4 Å². The molecule has 48 heavy (non-hydrogen) atoms. The van der Waals surface area contributed by atoms with E-state index in [1.54, 1.807) is 79.7 Å². The van der Waals surface area contributed by atoms with Gasteiger partial charge in [0.15, 0.2) is 5.60 Å². The Balaban J connectivity index is 1.72. The predicted molar refractivity (Wildman–Crippen MR) is 187 cm³/mol. The summed E-state index contributed by atoms with van der Waals surface area (Å²) < 4.78 is 11.3. The lowest BCUT2D eigenvalue weighted by molar-refractivity contribution is -0.167. The highest BCUT2D eigenvalue weighted by atomic mass is 16.5. The average molecular weight is 654 g/mol. The average Bonchev–Trinajstić information content (AvgIpc) is 3.10. The first kappa shape index (κ1) is 36.2. The second-order valence-electron chi connectivity index (χ2n) is 12.0. The number of unbranched alkanes of at least 4 members (excludes halogenated alkanes) is 5. The summed E-state index contributed by atoms with van der Waals surface area (Å²) in [5.74, 6) is -3.47. The minimum absolute atomic E-state index is 0.193. The van der Waals surface area contributed by atoms with Gasteiger partial charge in [0.2, 0.25) is 0 Å². The molecule has 9 heteroatoms. The van der Waals surface area contributed by atoms with Crippen LogP contribution < -0.4 is 5.32 Å². The molecule has 1 aliphatic rings. The van der Waals surface area contributed by atoms with Crippen molar-refractivity contribution in [2.75, 3.05) is 11.9 Å². The van der Waals surface area contributed by atoms with Crippen molar-refractivity contribution in [1.29, 1.82) is 0 Å². The van der Waals surface area contributed by atoms with Crippen LogP contribution in [0.4, 0.5) is 11.4 Å². The molecule has 3 unspecified atom stereocenters. The van der Waals surface area contributed by atoms with Crippen LogP contribution in [0.25, 0.3) is 5.70 Å². The highest BCUT2D eigenvalue weighted by Crippen LogP contribution is 2.44. The van der Waals surface area contributed by atoms with Gasteiger partial charge in [-0.05, 0) is 56.5 Å². The normalized spacial score (nSPS) is 17.7. The molecule has 1 amide bonds. The van der Waals surface area contributed by atoms with E-state index in [9.17, 15) is 19.5 Å². The predicted octanol–water partition coefficient (Wildman–Crippen LogP) is 8.91. The van der Waals surface area contributed by atoms with Crippen LogP contribution in [0.1, 0.15) is 100 Å². The van der Waals surface area contributed by atoms with E-state index in [4.69, 9.17) is 9.47 Å². The molecule has 0 aliphatic heterocycles. The fourth-order valence-electron chi connectivity index (χ4n) is 5.94. The van der Waals surface area contributed by atoms with E-state index in [1.807, 2.05) is 13.0 Å². The molecule has 3 aromatic carbocycles. The maximum atomic E-state index is 14.1. The number of hydrogen-bond donors (Lipinski definition) is 2. The third-order valence-corrected chi connectivity index (χ3v) is 8.46. The molecular weight excluding hydrogens is 606 g/mol. The molecule has 0 fully saturated rings. The molecule has 9 nitrogen and oxygen atoms in total. The number of anilines is 1. The summed E-state index contributed by atoms with van der Waals surface area (Å²) in [6.45, 7) is 6.15. The van der Waals surface area contributed by atoms with Crippen LogP contribution in [-0.4, -0.2) is 35.7 Å². The third kappa shape index (κ3) is 9.04. The Morgan fingerprint density at radius 1 is 0.812 bits per heavy atom. The van der Waals surface area contributed by atoms with Gasteiger partial charge in [-0.15, -0.1) is 5.11 Å². The van der Waals surface area contributed by atoms with Gasteiger partial charge in [0.05, 0.1) is 17.9 Å². The summed E-state index contributed by atoms with van der Waals surface area (Å²) in [7, 11) is 0. The molecule has 0 heterocycles. The van der Waals surface area contributed by atoms with E-state index in [1.165, 1.54) is 25.3 Å². The van der Waals surface area contributed by atoms with E-state index in [2.05, 4.69) is 22.5 Å². The van der Waals surface area contributed by atoms with Crippen LogP contribution in [0.15, 0.2) is 95.2 Å². The number of azo groups is 1. The number of rotatable bonds is 17. The zero-order valence-electron chi connectivity index (χ0n) is 28.2. The van der Waals surface area contributed by atoms with Gasteiger partial charge in [0.25, 0.3) is 5.91 Å². The molecule has 0 bridgehead atoms. The van der Waals surface area contributed by atoms with Crippen LogP contribution in [0.5, 0.6) is 0 Å². The summed E-state index contributed by atoms with van der Waals surface area (Å²) in [4.78, 5) is 40.8. The number of fused-ring (bicyclic) bond motifs is 1. The fraction of sp³-hybridized carbons (Fsp3) is 0.410. The number of benzene rings is 3. The molecule has 0 spiro atoms. The van der Waals surface area contributed by atoms with Crippen molar-refractivity contribution < 1.29 is 29.0 Å². The van der Waals surface area contributed by atoms with Crippen molar-refractivity contribution in [1.82, 2.24) is 0 Å². The number of para-hydroxylation sites is 1. The second kappa shape index (κ2) is 18.1. The van der Waals surface area contributed by atoms with Crippen LogP contribution >= 0.6 is 0 Å². The lowest BCUT2D eigenvalue weighted by Crippen LogP contribution is -2.51. The molecule has 0 radical (unpaired) electrons. The fourth-order valence-corrected chi connectivity index (χ4v) is 5.94.